The van der Waals surface area contributed by atoms with Crippen molar-refractivity contribution in [3.63, 3.8) is 0 Å². The fourth-order valence-corrected chi connectivity index (χ4v) is 5.25. The Morgan fingerprint density at radius 2 is 1.63 bits per heavy atom. The zero-order chi connectivity index (χ0) is 26.6. The van der Waals surface area contributed by atoms with Crippen LogP contribution in [0.1, 0.15) is 49.7 Å². The van der Waals surface area contributed by atoms with E-state index in [2.05, 4.69) is 74.0 Å². The van der Waals surface area contributed by atoms with Crippen molar-refractivity contribution in [2.75, 3.05) is 82.4 Å². The maximum atomic E-state index is 6.13. The number of hydrogen-bond acceptors (Lipinski definition) is 9. The fourth-order valence-electron chi connectivity index (χ4n) is 5.25. The van der Waals surface area contributed by atoms with Gasteiger partial charge in [-0.2, -0.15) is 9.97 Å². The molecule has 2 aliphatic rings. The average Bonchev–Trinajstić information content (AvgIpc) is 2.94. The van der Waals surface area contributed by atoms with E-state index in [-0.39, 0.29) is 0 Å². The first kappa shape index (κ1) is 28.5. The normalized spacial score (nSPS) is 17.3. The van der Waals surface area contributed by atoms with Crippen LogP contribution in [0.2, 0.25) is 0 Å². The van der Waals surface area contributed by atoms with Gasteiger partial charge < -0.3 is 31.5 Å². The van der Waals surface area contributed by atoms with Crippen molar-refractivity contribution in [2.24, 2.45) is 0 Å². The average molecular weight is 524 g/mol. The van der Waals surface area contributed by atoms with Crippen LogP contribution < -0.4 is 26.6 Å². The number of benzene rings is 1. The summed E-state index contributed by atoms with van der Waals surface area (Å²) in [5.41, 5.74) is 8.64. The lowest BCUT2D eigenvalue weighted by Gasteiger charge is -2.35. The first-order chi connectivity index (χ1) is 18.5. The van der Waals surface area contributed by atoms with Crippen LogP contribution in [0.5, 0.6) is 0 Å². The van der Waals surface area contributed by atoms with Gasteiger partial charge in [0, 0.05) is 64.5 Å². The molecule has 1 saturated heterocycles. The zero-order valence-electron chi connectivity index (χ0n) is 23.6. The van der Waals surface area contributed by atoms with Crippen LogP contribution in [0.25, 0.3) is 0 Å². The molecule has 4 rings (SSSR count). The smallest absolute Gasteiger partial charge is 0.226 e. The van der Waals surface area contributed by atoms with Gasteiger partial charge in [-0.05, 0) is 57.6 Å². The zero-order valence-corrected chi connectivity index (χ0v) is 23.6. The summed E-state index contributed by atoms with van der Waals surface area (Å²) < 4.78 is 0. The van der Waals surface area contributed by atoms with E-state index in [4.69, 9.17) is 10.7 Å². The lowest BCUT2D eigenvalue weighted by atomic mass is 9.95. The van der Waals surface area contributed by atoms with E-state index in [1.165, 1.54) is 49.7 Å². The minimum Gasteiger partial charge on any atom is -0.383 e. The molecule has 38 heavy (non-hydrogen) atoms. The summed E-state index contributed by atoms with van der Waals surface area (Å²) in [6, 6.07) is 11.4. The highest BCUT2D eigenvalue weighted by Crippen LogP contribution is 2.19. The Morgan fingerprint density at radius 1 is 0.921 bits per heavy atom. The predicted octanol–water partition coefficient (Wildman–Crippen LogP) is 2.76. The van der Waals surface area contributed by atoms with Gasteiger partial charge >= 0.3 is 0 Å². The number of likely N-dealkylation sites (N-methyl/N-ethyl adjacent to an activating group) is 1. The van der Waals surface area contributed by atoms with E-state index in [1.54, 1.807) is 0 Å². The summed E-state index contributed by atoms with van der Waals surface area (Å²) in [7, 11) is 4.25. The van der Waals surface area contributed by atoms with Crippen molar-refractivity contribution in [1.29, 1.82) is 0 Å². The van der Waals surface area contributed by atoms with Gasteiger partial charge in [0.25, 0.3) is 0 Å². The molecule has 1 aliphatic carbocycles. The third-order valence-corrected chi connectivity index (χ3v) is 7.66. The molecule has 0 radical (unpaired) electrons. The number of hydrogen-bond donors (Lipinski definition) is 4. The highest BCUT2D eigenvalue weighted by molar-refractivity contribution is 5.52. The Bertz CT molecular complexity index is 936. The summed E-state index contributed by atoms with van der Waals surface area (Å²) in [4.78, 5) is 16.2. The summed E-state index contributed by atoms with van der Waals surface area (Å²) in [5, 5.41) is 10.7. The number of nitrogens with zero attached hydrogens (tertiary/aromatic N) is 5. The molecule has 1 aliphatic heterocycles. The monoisotopic (exact) mass is 523 g/mol. The number of nitrogen functional groups attached to an aromatic ring is 1. The van der Waals surface area contributed by atoms with Crippen molar-refractivity contribution in [1.82, 2.24) is 30.4 Å². The molecule has 1 aromatic carbocycles. The second-order valence-corrected chi connectivity index (χ2v) is 11.1. The van der Waals surface area contributed by atoms with Crippen molar-refractivity contribution in [3.8, 4) is 0 Å². The van der Waals surface area contributed by atoms with Crippen molar-refractivity contribution in [3.05, 3.63) is 41.5 Å². The highest BCUT2D eigenvalue weighted by Gasteiger charge is 2.19. The molecular formula is C29H49N9. The van der Waals surface area contributed by atoms with Gasteiger partial charge in [-0.3, -0.25) is 4.90 Å². The summed E-state index contributed by atoms with van der Waals surface area (Å²) in [5.74, 6) is 1.99. The first-order valence-corrected chi connectivity index (χ1v) is 14.6. The Kier molecular flexibility index (Phi) is 11.4. The molecule has 9 heteroatoms. The third kappa shape index (κ3) is 9.69. The second-order valence-electron chi connectivity index (χ2n) is 11.1. The SMILES string of the molecule is CN(C)CCN1CCN(c2cc(N)nc(NCc3ccc(CNCCCNC4CCCCC4)cc3)n2)CC1. The standard InChI is InChI=1S/C29H49N9/c1-36(2)15-16-37-17-19-38(20-18-37)28-21-27(30)34-29(35-28)33-23-25-11-9-24(10-12-25)22-31-13-6-14-32-26-7-4-3-5-8-26/h9-12,21,26,31-32H,3-8,13-20,22-23H2,1-2H3,(H3,30,33,34,35). The number of nitrogens with one attached hydrogen (secondary N) is 3. The van der Waals surface area contributed by atoms with Crippen LogP contribution in [-0.4, -0.2) is 92.3 Å². The van der Waals surface area contributed by atoms with Gasteiger partial charge in [0.05, 0.1) is 0 Å². The van der Waals surface area contributed by atoms with Gasteiger partial charge in [0.15, 0.2) is 0 Å². The molecule has 1 aromatic heterocycles. The van der Waals surface area contributed by atoms with Gasteiger partial charge in [-0.15, -0.1) is 0 Å². The van der Waals surface area contributed by atoms with Crippen molar-refractivity contribution in [2.45, 2.75) is 57.7 Å². The molecule has 0 spiro atoms. The largest absolute Gasteiger partial charge is 0.383 e. The lowest BCUT2D eigenvalue weighted by Crippen LogP contribution is -2.48. The van der Waals surface area contributed by atoms with Gasteiger partial charge in [0.2, 0.25) is 5.95 Å². The summed E-state index contributed by atoms with van der Waals surface area (Å²) >= 11 is 0. The van der Waals surface area contributed by atoms with Crippen molar-refractivity contribution < 1.29 is 0 Å². The molecule has 0 unspecified atom stereocenters. The van der Waals surface area contributed by atoms with Crippen LogP contribution in [0.4, 0.5) is 17.6 Å². The van der Waals surface area contributed by atoms with Crippen LogP contribution in [0.15, 0.2) is 30.3 Å². The van der Waals surface area contributed by atoms with Crippen LogP contribution in [0, 0.1) is 0 Å². The quantitative estimate of drug-likeness (QED) is 0.279. The Labute approximate surface area is 229 Å². The molecule has 0 amide bonds. The van der Waals surface area contributed by atoms with E-state index < -0.39 is 0 Å². The van der Waals surface area contributed by atoms with Gasteiger partial charge in [-0.25, -0.2) is 0 Å². The lowest BCUT2D eigenvalue weighted by molar-refractivity contribution is 0.229. The predicted molar refractivity (Wildman–Crippen MR) is 159 cm³/mol. The molecule has 0 atom stereocenters. The second kappa shape index (κ2) is 15.2. The molecule has 210 valence electrons. The summed E-state index contributed by atoms with van der Waals surface area (Å²) in [6.07, 6.45) is 8.09. The number of aromatic nitrogens is 2. The molecule has 5 N–H and O–H groups in total. The molecular weight excluding hydrogens is 474 g/mol. The van der Waals surface area contributed by atoms with Gasteiger partial charge in [0.1, 0.15) is 11.6 Å². The van der Waals surface area contributed by atoms with Crippen LogP contribution in [0.3, 0.4) is 0 Å². The van der Waals surface area contributed by atoms with Crippen LogP contribution in [-0.2, 0) is 13.1 Å². The molecule has 1 saturated carbocycles. The Balaban J connectivity index is 1.15. The fraction of sp³-hybridized carbons (Fsp3) is 0.655. The molecule has 9 nitrogen and oxygen atoms in total. The minimum absolute atomic E-state index is 0.503. The van der Waals surface area contributed by atoms with E-state index in [1.807, 2.05) is 6.07 Å². The van der Waals surface area contributed by atoms with Crippen LogP contribution >= 0.6 is 0 Å². The maximum absolute atomic E-state index is 6.13. The number of rotatable bonds is 14. The number of anilines is 3. The minimum atomic E-state index is 0.503. The number of nitrogens with two attached hydrogens (primary N) is 1. The maximum Gasteiger partial charge on any atom is 0.226 e. The molecule has 0 bridgehead atoms. The molecule has 2 fully saturated rings. The summed E-state index contributed by atoms with van der Waals surface area (Å²) in [6.45, 7) is 9.91. The molecule has 2 heterocycles. The van der Waals surface area contributed by atoms with Crippen molar-refractivity contribution >= 4 is 17.6 Å². The highest BCUT2D eigenvalue weighted by atomic mass is 15.3. The van der Waals surface area contributed by atoms with E-state index in [9.17, 15) is 0 Å². The van der Waals surface area contributed by atoms with E-state index in [0.29, 0.717) is 18.3 Å². The first-order valence-electron chi connectivity index (χ1n) is 14.6. The molecule has 2 aromatic rings. The number of piperazine rings is 1. The Morgan fingerprint density at radius 3 is 2.34 bits per heavy atom. The van der Waals surface area contributed by atoms with E-state index in [0.717, 1.165) is 70.8 Å². The van der Waals surface area contributed by atoms with Gasteiger partial charge in [-0.1, -0.05) is 43.5 Å². The van der Waals surface area contributed by atoms with E-state index >= 15 is 0 Å². The Hall–Kier alpha value is -2.46. The third-order valence-electron chi connectivity index (χ3n) is 7.66. The topological polar surface area (TPSA) is 97.6 Å².